The molecule has 1 N–H and O–H groups in total. The zero-order chi connectivity index (χ0) is 24.9. The van der Waals surface area contributed by atoms with E-state index < -0.39 is 11.8 Å². The lowest BCUT2D eigenvalue weighted by atomic mass is 10.1. The van der Waals surface area contributed by atoms with Crippen molar-refractivity contribution in [2.24, 2.45) is 0 Å². The van der Waals surface area contributed by atoms with Crippen molar-refractivity contribution in [2.75, 3.05) is 13.2 Å². The molecular weight excluding hydrogens is 494 g/mol. The van der Waals surface area contributed by atoms with Crippen LogP contribution in [-0.4, -0.2) is 34.1 Å². The summed E-state index contributed by atoms with van der Waals surface area (Å²) in [6.45, 7) is 3.02. The number of aromatic nitrogens is 2. The summed E-state index contributed by atoms with van der Waals surface area (Å²) >= 11 is 12.3. The van der Waals surface area contributed by atoms with Gasteiger partial charge in [-0.3, -0.25) is 0 Å². The number of ether oxygens (including phenoxy) is 2. The van der Waals surface area contributed by atoms with Gasteiger partial charge in [-0.2, -0.15) is 5.10 Å². The zero-order valence-electron chi connectivity index (χ0n) is 18.7. The van der Waals surface area contributed by atoms with Crippen LogP contribution in [0, 0.1) is 5.82 Å². The lowest BCUT2D eigenvalue weighted by Crippen LogP contribution is -2.11. The molecule has 0 bridgehead atoms. The van der Waals surface area contributed by atoms with Crippen molar-refractivity contribution in [1.29, 1.82) is 0 Å². The average Bonchev–Trinajstić information content (AvgIpc) is 3.25. The van der Waals surface area contributed by atoms with Gasteiger partial charge in [0.05, 0.1) is 34.5 Å². The first-order valence-corrected chi connectivity index (χ1v) is 11.5. The minimum Gasteiger partial charge on any atom is -0.490 e. The van der Waals surface area contributed by atoms with Crippen molar-refractivity contribution in [2.45, 2.75) is 13.5 Å². The van der Waals surface area contributed by atoms with Crippen LogP contribution in [0.25, 0.3) is 22.4 Å². The first-order chi connectivity index (χ1) is 16.9. The Balaban J connectivity index is 1.45. The molecule has 6 nitrogen and oxygen atoms in total. The minimum atomic E-state index is -0.984. The molecule has 1 heterocycles. The first kappa shape index (κ1) is 24.6. The van der Waals surface area contributed by atoms with E-state index in [-0.39, 0.29) is 17.2 Å². The quantitative estimate of drug-likeness (QED) is 0.264. The highest BCUT2D eigenvalue weighted by molar-refractivity contribution is 6.32. The Kier molecular flexibility index (Phi) is 7.58. The molecule has 35 heavy (non-hydrogen) atoms. The molecule has 0 spiro atoms. The van der Waals surface area contributed by atoms with Crippen molar-refractivity contribution >= 4 is 29.2 Å². The third kappa shape index (κ3) is 5.75. The smallest absolute Gasteiger partial charge is 0.335 e. The summed E-state index contributed by atoms with van der Waals surface area (Å²) in [6, 6.07) is 18.1. The molecule has 0 saturated heterocycles. The molecule has 0 aliphatic carbocycles. The highest BCUT2D eigenvalue weighted by atomic mass is 35.5. The summed E-state index contributed by atoms with van der Waals surface area (Å²) in [4.78, 5) is 11.1. The van der Waals surface area contributed by atoms with E-state index in [1.54, 1.807) is 47.1 Å². The summed E-state index contributed by atoms with van der Waals surface area (Å²) in [7, 11) is 0. The monoisotopic (exact) mass is 514 g/mol. The van der Waals surface area contributed by atoms with Crippen LogP contribution in [0.1, 0.15) is 17.3 Å². The molecule has 0 atom stereocenters. The van der Waals surface area contributed by atoms with Gasteiger partial charge in [-0.1, -0.05) is 47.5 Å². The SMILES string of the molecule is CCOc1cc(-c2ccc(C(=O)O)cc2)nn1CCOc1ccc(-c2ccc(F)c(Cl)c2)cc1Cl. The Hall–Kier alpha value is -3.55. The predicted molar refractivity (Wildman–Crippen MR) is 133 cm³/mol. The van der Waals surface area contributed by atoms with Crippen LogP contribution in [0.2, 0.25) is 10.0 Å². The van der Waals surface area contributed by atoms with Crippen LogP contribution in [0.5, 0.6) is 11.6 Å². The van der Waals surface area contributed by atoms with Crippen molar-refractivity contribution in [3.05, 3.63) is 88.2 Å². The second-order valence-electron chi connectivity index (χ2n) is 7.53. The molecule has 0 aliphatic rings. The van der Waals surface area contributed by atoms with Crippen molar-refractivity contribution in [3.8, 4) is 34.0 Å². The van der Waals surface area contributed by atoms with Gasteiger partial charge in [-0.05, 0) is 54.4 Å². The highest BCUT2D eigenvalue weighted by Gasteiger charge is 2.13. The molecule has 0 radical (unpaired) electrons. The fourth-order valence-electron chi connectivity index (χ4n) is 3.46. The van der Waals surface area contributed by atoms with E-state index in [1.165, 1.54) is 18.2 Å². The average molecular weight is 515 g/mol. The molecule has 9 heteroatoms. The molecule has 0 amide bonds. The molecule has 0 saturated carbocycles. The Morgan fingerprint density at radius 2 is 1.60 bits per heavy atom. The maximum absolute atomic E-state index is 13.4. The zero-order valence-corrected chi connectivity index (χ0v) is 20.2. The van der Waals surface area contributed by atoms with Crippen LogP contribution < -0.4 is 9.47 Å². The molecule has 4 aromatic rings. The second-order valence-corrected chi connectivity index (χ2v) is 8.34. The van der Waals surface area contributed by atoms with E-state index in [4.69, 9.17) is 37.8 Å². The summed E-state index contributed by atoms with van der Waals surface area (Å²) in [5.74, 6) is -0.393. The molecule has 0 aliphatic heterocycles. The molecule has 4 rings (SSSR count). The van der Waals surface area contributed by atoms with Crippen LogP contribution in [0.4, 0.5) is 4.39 Å². The maximum Gasteiger partial charge on any atom is 0.335 e. The second kappa shape index (κ2) is 10.8. The van der Waals surface area contributed by atoms with E-state index in [0.717, 1.165) is 16.7 Å². The van der Waals surface area contributed by atoms with Crippen molar-refractivity contribution < 1.29 is 23.8 Å². The summed E-state index contributed by atoms with van der Waals surface area (Å²) < 4.78 is 26.7. The van der Waals surface area contributed by atoms with E-state index in [9.17, 15) is 9.18 Å². The standard InChI is InChI=1S/C26H21Cl2FN2O4/c1-2-34-25-15-23(16-3-5-17(6-4-16)26(32)33)30-31(25)11-12-35-24-10-8-19(14-21(24)28)18-7-9-22(29)20(27)13-18/h3-10,13-15H,2,11-12H2,1H3,(H,32,33). The number of halogens is 3. The van der Waals surface area contributed by atoms with Crippen molar-refractivity contribution in [3.63, 3.8) is 0 Å². The molecular formula is C26H21Cl2FN2O4. The number of carboxylic acids is 1. The van der Waals surface area contributed by atoms with Gasteiger partial charge in [0.25, 0.3) is 0 Å². The number of carboxylic acid groups (broad SMARTS) is 1. The van der Waals surface area contributed by atoms with Gasteiger partial charge in [0.1, 0.15) is 18.2 Å². The number of rotatable bonds is 9. The topological polar surface area (TPSA) is 73.6 Å². The lowest BCUT2D eigenvalue weighted by Gasteiger charge is -2.11. The van der Waals surface area contributed by atoms with E-state index in [1.807, 2.05) is 13.0 Å². The van der Waals surface area contributed by atoms with Crippen LogP contribution in [0.3, 0.4) is 0 Å². The Morgan fingerprint density at radius 3 is 2.23 bits per heavy atom. The number of benzene rings is 3. The van der Waals surface area contributed by atoms with E-state index in [0.29, 0.717) is 35.5 Å². The third-order valence-electron chi connectivity index (χ3n) is 5.21. The van der Waals surface area contributed by atoms with Crippen LogP contribution in [0.15, 0.2) is 66.7 Å². The van der Waals surface area contributed by atoms with Gasteiger partial charge in [0, 0.05) is 11.6 Å². The van der Waals surface area contributed by atoms with Gasteiger partial charge < -0.3 is 14.6 Å². The van der Waals surface area contributed by atoms with Crippen LogP contribution >= 0.6 is 23.2 Å². The largest absolute Gasteiger partial charge is 0.490 e. The van der Waals surface area contributed by atoms with Gasteiger partial charge in [-0.15, -0.1) is 0 Å². The van der Waals surface area contributed by atoms with E-state index in [2.05, 4.69) is 5.10 Å². The Morgan fingerprint density at radius 1 is 0.943 bits per heavy atom. The van der Waals surface area contributed by atoms with E-state index >= 15 is 0 Å². The summed E-state index contributed by atoms with van der Waals surface area (Å²) in [5, 5.41) is 14.1. The summed E-state index contributed by atoms with van der Waals surface area (Å²) in [5.41, 5.74) is 3.16. The number of aromatic carboxylic acids is 1. The van der Waals surface area contributed by atoms with Crippen LogP contribution in [-0.2, 0) is 6.54 Å². The van der Waals surface area contributed by atoms with Gasteiger partial charge in [0.2, 0.25) is 5.88 Å². The van der Waals surface area contributed by atoms with Gasteiger partial charge >= 0.3 is 5.97 Å². The maximum atomic E-state index is 13.4. The molecule has 180 valence electrons. The first-order valence-electron chi connectivity index (χ1n) is 10.8. The number of hydrogen-bond donors (Lipinski definition) is 1. The van der Waals surface area contributed by atoms with Crippen molar-refractivity contribution in [1.82, 2.24) is 9.78 Å². The molecule has 3 aromatic carbocycles. The third-order valence-corrected chi connectivity index (χ3v) is 5.79. The number of hydrogen-bond acceptors (Lipinski definition) is 4. The predicted octanol–water partition coefficient (Wildman–Crippen LogP) is 6.84. The lowest BCUT2D eigenvalue weighted by molar-refractivity contribution is 0.0697. The fraction of sp³-hybridized carbons (Fsp3) is 0.154. The molecule has 0 fully saturated rings. The molecule has 0 unspecified atom stereocenters. The number of carbonyl (C=O) groups is 1. The molecule has 1 aromatic heterocycles. The minimum absolute atomic E-state index is 0.0421. The Bertz CT molecular complexity index is 1360. The normalized spacial score (nSPS) is 10.9. The fourth-order valence-corrected chi connectivity index (χ4v) is 3.88. The van der Waals surface area contributed by atoms with Gasteiger partial charge in [-0.25, -0.2) is 13.9 Å². The summed E-state index contributed by atoms with van der Waals surface area (Å²) in [6.07, 6.45) is 0. The number of nitrogens with zero attached hydrogens (tertiary/aromatic N) is 2. The Labute approximate surface area is 211 Å². The van der Waals surface area contributed by atoms with Gasteiger partial charge in [0.15, 0.2) is 0 Å². The highest BCUT2D eigenvalue weighted by Crippen LogP contribution is 2.32.